The summed E-state index contributed by atoms with van der Waals surface area (Å²) in [5, 5.41) is 13.0. The lowest BCUT2D eigenvalue weighted by Crippen LogP contribution is -2.47. The smallest absolute Gasteiger partial charge is 0.334 e. The first-order valence-electron chi connectivity index (χ1n) is 6.61. The Bertz CT molecular complexity index is 689. The van der Waals surface area contributed by atoms with Gasteiger partial charge < -0.3 is 15.2 Å². The van der Waals surface area contributed by atoms with Crippen LogP contribution in [-0.4, -0.2) is 17.7 Å². The van der Waals surface area contributed by atoms with E-state index in [0.29, 0.717) is 24.3 Å². The summed E-state index contributed by atoms with van der Waals surface area (Å²) in [6, 6.07) is 14.8. The standard InChI is InChI=1S/C16H14BrNO3/c17-11-4-3-5-12(10-11)18-16(15(19)20)8-9-21-14-7-2-1-6-13(14)16/h1-7,10,18H,8-9H2,(H,19,20). The zero-order valence-electron chi connectivity index (χ0n) is 11.2. The lowest BCUT2D eigenvalue weighted by molar-refractivity contribution is -0.143. The number of hydrogen-bond acceptors (Lipinski definition) is 3. The number of aliphatic carboxylic acids is 1. The van der Waals surface area contributed by atoms with Crippen LogP contribution < -0.4 is 10.1 Å². The lowest BCUT2D eigenvalue weighted by atomic mass is 9.84. The van der Waals surface area contributed by atoms with Crippen LogP contribution in [0.5, 0.6) is 5.75 Å². The van der Waals surface area contributed by atoms with Crippen molar-refractivity contribution in [1.29, 1.82) is 0 Å². The van der Waals surface area contributed by atoms with E-state index in [1.165, 1.54) is 0 Å². The number of rotatable bonds is 3. The summed E-state index contributed by atoms with van der Waals surface area (Å²) in [4.78, 5) is 12.0. The zero-order valence-corrected chi connectivity index (χ0v) is 12.8. The molecule has 5 heteroatoms. The summed E-state index contributed by atoms with van der Waals surface area (Å²) in [7, 11) is 0. The van der Waals surface area contributed by atoms with E-state index < -0.39 is 11.5 Å². The van der Waals surface area contributed by atoms with Gasteiger partial charge in [-0.2, -0.15) is 0 Å². The molecule has 0 fully saturated rings. The first kappa shape index (κ1) is 13.9. The van der Waals surface area contributed by atoms with Crippen molar-refractivity contribution in [3.8, 4) is 5.75 Å². The molecular formula is C16H14BrNO3. The largest absolute Gasteiger partial charge is 0.493 e. The highest BCUT2D eigenvalue weighted by Crippen LogP contribution is 2.39. The third-order valence-electron chi connectivity index (χ3n) is 3.63. The molecule has 0 saturated heterocycles. The van der Waals surface area contributed by atoms with Crippen LogP contribution in [0.1, 0.15) is 12.0 Å². The van der Waals surface area contributed by atoms with Gasteiger partial charge in [0.2, 0.25) is 0 Å². The maximum atomic E-state index is 12.0. The van der Waals surface area contributed by atoms with Crippen molar-refractivity contribution in [2.45, 2.75) is 12.0 Å². The van der Waals surface area contributed by atoms with Gasteiger partial charge in [0, 0.05) is 22.1 Å². The monoisotopic (exact) mass is 347 g/mol. The number of nitrogens with one attached hydrogen (secondary N) is 1. The minimum absolute atomic E-state index is 0.365. The SMILES string of the molecule is O=C(O)C1(Nc2cccc(Br)c2)CCOc2ccccc21. The molecule has 0 saturated carbocycles. The number of ether oxygens (including phenoxy) is 1. The minimum Gasteiger partial charge on any atom is -0.493 e. The average Bonchev–Trinajstić information content (AvgIpc) is 2.47. The van der Waals surface area contributed by atoms with E-state index >= 15 is 0 Å². The van der Waals surface area contributed by atoms with Gasteiger partial charge in [-0.05, 0) is 24.3 Å². The van der Waals surface area contributed by atoms with Gasteiger partial charge in [-0.3, -0.25) is 0 Å². The second-order valence-electron chi connectivity index (χ2n) is 4.94. The Balaban J connectivity index is 2.08. The predicted octanol–water partition coefficient (Wildman–Crippen LogP) is 3.62. The summed E-state index contributed by atoms with van der Waals surface area (Å²) in [5.74, 6) is -0.285. The highest BCUT2D eigenvalue weighted by molar-refractivity contribution is 9.10. The van der Waals surface area contributed by atoms with E-state index in [9.17, 15) is 9.90 Å². The van der Waals surface area contributed by atoms with E-state index in [-0.39, 0.29) is 0 Å². The van der Waals surface area contributed by atoms with Crippen LogP contribution in [0.2, 0.25) is 0 Å². The van der Waals surface area contributed by atoms with Crippen LogP contribution in [0, 0.1) is 0 Å². The molecule has 0 radical (unpaired) electrons. The van der Waals surface area contributed by atoms with Crippen LogP contribution in [0.25, 0.3) is 0 Å². The van der Waals surface area contributed by atoms with E-state index in [0.717, 1.165) is 10.2 Å². The number of carbonyl (C=O) groups is 1. The normalized spacial score (nSPS) is 20.2. The van der Waals surface area contributed by atoms with Gasteiger partial charge in [0.25, 0.3) is 0 Å². The number of benzene rings is 2. The number of carboxylic acids is 1. The van der Waals surface area contributed by atoms with Gasteiger partial charge in [0.1, 0.15) is 5.75 Å². The number of anilines is 1. The Morgan fingerprint density at radius 1 is 1.24 bits per heavy atom. The van der Waals surface area contributed by atoms with Gasteiger partial charge in [0.15, 0.2) is 5.54 Å². The fraction of sp³-hybridized carbons (Fsp3) is 0.188. The molecular weight excluding hydrogens is 334 g/mol. The molecule has 2 aromatic carbocycles. The van der Waals surface area contributed by atoms with Crippen molar-refractivity contribution in [1.82, 2.24) is 0 Å². The highest BCUT2D eigenvalue weighted by Gasteiger charge is 2.44. The third kappa shape index (κ3) is 2.49. The molecule has 0 amide bonds. The zero-order chi connectivity index (χ0) is 14.9. The van der Waals surface area contributed by atoms with Gasteiger partial charge in [-0.25, -0.2) is 4.79 Å². The quantitative estimate of drug-likeness (QED) is 0.890. The van der Waals surface area contributed by atoms with Gasteiger partial charge in [-0.15, -0.1) is 0 Å². The van der Waals surface area contributed by atoms with Gasteiger partial charge in [0.05, 0.1) is 6.61 Å². The Kier molecular flexibility index (Phi) is 3.59. The van der Waals surface area contributed by atoms with Crippen LogP contribution in [0.4, 0.5) is 5.69 Å². The van der Waals surface area contributed by atoms with Gasteiger partial charge >= 0.3 is 5.97 Å². The van der Waals surface area contributed by atoms with Crippen molar-refractivity contribution in [3.05, 3.63) is 58.6 Å². The average molecular weight is 348 g/mol. The second kappa shape index (κ2) is 5.41. The number of fused-ring (bicyclic) bond motifs is 1. The van der Waals surface area contributed by atoms with Crippen molar-refractivity contribution < 1.29 is 14.6 Å². The van der Waals surface area contributed by atoms with E-state index in [1.54, 1.807) is 12.1 Å². The molecule has 3 rings (SSSR count). The predicted molar refractivity (Wildman–Crippen MR) is 83.6 cm³/mol. The summed E-state index contributed by atoms with van der Waals surface area (Å²) >= 11 is 3.40. The summed E-state index contributed by atoms with van der Waals surface area (Å²) in [6.07, 6.45) is 0.367. The molecule has 1 aliphatic heterocycles. The Labute approximate surface area is 130 Å². The molecule has 0 aliphatic carbocycles. The van der Waals surface area contributed by atoms with Crippen molar-refractivity contribution in [3.63, 3.8) is 0 Å². The maximum absolute atomic E-state index is 12.0. The summed E-state index contributed by atoms with van der Waals surface area (Å²) in [6.45, 7) is 0.365. The Morgan fingerprint density at radius 2 is 2.05 bits per heavy atom. The first-order chi connectivity index (χ1) is 10.1. The molecule has 108 valence electrons. The first-order valence-corrected chi connectivity index (χ1v) is 7.40. The molecule has 0 bridgehead atoms. The molecule has 1 atom stereocenters. The van der Waals surface area contributed by atoms with Crippen LogP contribution >= 0.6 is 15.9 Å². The Hall–Kier alpha value is -2.01. The minimum atomic E-state index is -1.17. The molecule has 2 N–H and O–H groups in total. The van der Waals surface area contributed by atoms with Crippen LogP contribution in [-0.2, 0) is 10.3 Å². The second-order valence-corrected chi connectivity index (χ2v) is 5.86. The molecule has 1 unspecified atom stereocenters. The third-order valence-corrected chi connectivity index (χ3v) is 4.12. The summed E-state index contributed by atoms with van der Waals surface area (Å²) in [5.41, 5.74) is 0.238. The molecule has 1 heterocycles. The highest BCUT2D eigenvalue weighted by atomic mass is 79.9. The van der Waals surface area contributed by atoms with E-state index in [4.69, 9.17) is 4.74 Å². The maximum Gasteiger partial charge on any atom is 0.334 e. The molecule has 0 spiro atoms. The molecule has 2 aromatic rings. The number of carboxylic acid groups (broad SMARTS) is 1. The van der Waals surface area contributed by atoms with Crippen molar-refractivity contribution in [2.24, 2.45) is 0 Å². The molecule has 21 heavy (non-hydrogen) atoms. The molecule has 4 nitrogen and oxygen atoms in total. The number of halogens is 1. The number of hydrogen-bond donors (Lipinski definition) is 2. The van der Waals surface area contributed by atoms with Crippen molar-refractivity contribution >= 4 is 27.6 Å². The lowest BCUT2D eigenvalue weighted by Gasteiger charge is -2.36. The topological polar surface area (TPSA) is 58.6 Å². The fourth-order valence-electron chi connectivity index (χ4n) is 2.61. The van der Waals surface area contributed by atoms with E-state index in [2.05, 4.69) is 21.2 Å². The molecule has 1 aliphatic rings. The van der Waals surface area contributed by atoms with Crippen LogP contribution in [0.15, 0.2) is 53.0 Å². The number of para-hydroxylation sites is 1. The molecule has 0 aromatic heterocycles. The fourth-order valence-corrected chi connectivity index (χ4v) is 3.01. The summed E-state index contributed by atoms with van der Waals surface area (Å²) < 4.78 is 6.47. The van der Waals surface area contributed by atoms with E-state index in [1.807, 2.05) is 36.4 Å². The Morgan fingerprint density at radius 3 is 2.81 bits per heavy atom. The van der Waals surface area contributed by atoms with Crippen LogP contribution in [0.3, 0.4) is 0 Å². The van der Waals surface area contributed by atoms with Gasteiger partial charge in [-0.1, -0.05) is 40.2 Å². The van der Waals surface area contributed by atoms with Crippen molar-refractivity contribution in [2.75, 3.05) is 11.9 Å².